The largest absolute Gasteiger partial charge is 0.480 e. The van der Waals surface area contributed by atoms with Gasteiger partial charge in [0.25, 0.3) is 5.91 Å². The van der Waals surface area contributed by atoms with Crippen molar-refractivity contribution in [1.82, 2.24) is 15.1 Å². The summed E-state index contributed by atoms with van der Waals surface area (Å²) in [4.78, 5) is 12.7. The Kier molecular flexibility index (Phi) is 5.05. The number of hydrogen-bond donors (Lipinski definition) is 1. The van der Waals surface area contributed by atoms with Gasteiger partial charge < -0.3 is 10.1 Å². The molecule has 1 amide bonds. The van der Waals surface area contributed by atoms with Crippen LogP contribution < -0.4 is 10.1 Å². The lowest BCUT2D eigenvalue weighted by atomic mass is 10.2. The zero-order chi connectivity index (χ0) is 17.8. The van der Waals surface area contributed by atoms with Gasteiger partial charge in [-0.05, 0) is 36.8 Å². The molecule has 0 saturated carbocycles. The van der Waals surface area contributed by atoms with E-state index < -0.39 is 0 Å². The summed E-state index contributed by atoms with van der Waals surface area (Å²) in [5.74, 6) is 0.184. The summed E-state index contributed by atoms with van der Waals surface area (Å²) in [7, 11) is 1.53. The molecule has 25 heavy (non-hydrogen) atoms. The molecule has 1 aromatic heterocycles. The quantitative estimate of drug-likeness (QED) is 0.758. The molecule has 3 rings (SSSR count). The molecule has 0 aliphatic heterocycles. The maximum absolute atomic E-state index is 12.7. The fraction of sp³-hybridized carbons (Fsp3) is 0.158. The summed E-state index contributed by atoms with van der Waals surface area (Å²) < 4.78 is 7.09. The van der Waals surface area contributed by atoms with Crippen LogP contribution in [0.1, 0.15) is 21.6 Å². The minimum atomic E-state index is -0.230. The van der Waals surface area contributed by atoms with Crippen LogP contribution in [0.15, 0.2) is 54.6 Å². The normalized spacial score (nSPS) is 10.5. The van der Waals surface area contributed by atoms with Crippen LogP contribution in [0.5, 0.6) is 5.88 Å². The number of para-hydroxylation sites is 1. The molecule has 2 aromatic carbocycles. The maximum atomic E-state index is 12.7. The van der Waals surface area contributed by atoms with Crippen molar-refractivity contribution in [2.45, 2.75) is 13.5 Å². The summed E-state index contributed by atoms with van der Waals surface area (Å²) in [6, 6.07) is 16.9. The predicted octanol–water partition coefficient (Wildman–Crippen LogP) is 3.77. The topological polar surface area (TPSA) is 56.1 Å². The van der Waals surface area contributed by atoms with Gasteiger partial charge in [-0.2, -0.15) is 5.10 Å². The fourth-order valence-electron chi connectivity index (χ4n) is 2.57. The molecule has 1 heterocycles. The van der Waals surface area contributed by atoms with Gasteiger partial charge in [-0.15, -0.1) is 0 Å². The van der Waals surface area contributed by atoms with Crippen molar-refractivity contribution in [3.05, 3.63) is 76.4 Å². The van der Waals surface area contributed by atoms with Gasteiger partial charge in [-0.3, -0.25) is 4.79 Å². The van der Waals surface area contributed by atoms with Crippen molar-refractivity contribution in [2.24, 2.45) is 0 Å². The Bertz CT molecular complexity index is 874. The first-order valence-corrected chi connectivity index (χ1v) is 8.19. The van der Waals surface area contributed by atoms with Crippen molar-refractivity contribution in [3.63, 3.8) is 0 Å². The van der Waals surface area contributed by atoms with Gasteiger partial charge in [-0.25, -0.2) is 4.68 Å². The van der Waals surface area contributed by atoms with Crippen LogP contribution in [0.25, 0.3) is 5.69 Å². The van der Waals surface area contributed by atoms with Gasteiger partial charge in [0, 0.05) is 11.6 Å². The summed E-state index contributed by atoms with van der Waals surface area (Å²) in [5, 5.41) is 8.02. The molecule has 5 nitrogen and oxygen atoms in total. The molecule has 1 N–H and O–H groups in total. The lowest BCUT2D eigenvalue weighted by Crippen LogP contribution is -2.23. The van der Waals surface area contributed by atoms with E-state index in [2.05, 4.69) is 10.4 Å². The third kappa shape index (κ3) is 3.67. The molecular formula is C19H18ClN3O2. The molecule has 0 spiro atoms. The minimum Gasteiger partial charge on any atom is -0.480 e. The number of benzene rings is 2. The standard InChI is InChI=1S/C19H18ClN3O2/c1-13-17(18(24)21-12-14-8-10-15(20)11-9-14)19(25-2)23(22-13)16-6-4-3-5-7-16/h3-11H,12H2,1-2H3,(H,21,24). The first-order chi connectivity index (χ1) is 12.1. The number of nitrogens with one attached hydrogen (secondary N) is 1. The van der Waals surface area contributed by atoms with Gasteiger partial charge >= 0.3 is 0 Å². The molecular weight excluding hydrogens is 338 g/mol. The Morgan fingerprint density at radius 2 is 1.84 bits per heavy atom. The van der Waals surface area contributed by atoms with Gasteiger partial charge in [0.2, 0.25) is 5.88 Å². The maximum Gasteiger partial charge on any atom is 0.258 e. The summed E-state index contributed by atoms with van der Waals surface area (Å²) in [6.07, 6.45) is 0. The van der Waals surface area contributed by atoms with E-state index in [0.717, 1.165) is 11.3 Å². The van der Waals surface area contributed by atoms with Crippen LogP contribution in [0.3, 0.4) is 0 Å². The Hall–Kier alpha value is -2.79. The van der Waals surface area contributed by atoms with Crippen LogP contribution in [-0.2, 0) is 6.54 Å². The summed E-state index contributed by atoms with van der Waals surface area (Å²) >= 11 is 5.88. The highest BCUT2D eigenvalue weighted by Gasteiger charge is 2.23. The number of amides is 1. The van der Waals surface area contributed by atoms with Crippen molar-refractivity contribution in [3.8, 4) is 11.6 Å². The number of aryl methyl sites for hydroxylation is 1. The van der Waals surface area contributed by atoms with E-state index in [0.29, 0.717) is 28.7 Å². The zero-order valence-electron chi connectivity index (χ0n) is 14.0. The average Bonchev–Trinajstić information content (AvgIpc) is 2.98. The van der Waals surface area contributed by atoms with Crippen molar-refractivity contribution in [2.75, 3.05) is 7.11 Å². The van der Waals surface area contributed by atoms with Gasteiger partial charge in [0.05, 0.1) is 18.5 Å². The second kappa shape index (κ2) is 7.40. The molecule has 128 valence electrons. The van der Waals surface area contributed by atoms with E-state index in [4.69, 9.17) is 16.3 Å². The lowest BCUT2D eigenvalue weighted by Gasteiger charge is -2.09. The number of ether oxygens (including phenoxy) is 1. The second-order valence-corrected chi connectivity index (χ2v) is 5.96. The van der Waals surface area contributed by atoms with E-state index in [1.165, 1.54) is 7.11 Å². The fourth-order valence-corrected chi connectivity index (χ4v) is 2.70. The molecule has 0 unspecified atom stereocenters. The summed E-state index contributed by atoms with van der Waals surface area (Å²) in [6.45, 7) is 2.19. The van der Waals surface area contributed by atoms with Crippen molar-refractivity contribution < 1.29 is 9.53 Å². The number of carbonyl (C=O) groups excluding carboxylic acids is 1. The molecule has 0 radical (unpaired) electrons. The number of hydrogen-bond acceptors (Lipinski definition) is 3. The number of rotatable bonds is 5. The highest BCUT2D eigenvalue weighted by molar-refractivity contribution is 6.30. The van der Waals surface area contributed by atoms with Crippen LogP contribution in [0, 0.1) is 6.92 Å². The van der Waals surface area contributed by atoms with E-state index >= 15 is 0 Å². The summed E-state index contributed by atoms with van der Waals surface area (Å²) in [5.41, 5.74) is 2.83. The molecule has 0 saturated heterocycles. The Morgan fingerprint density at radius 1 is 1.16 bits per heavy atom. The average molecular weight is 356 g/mol. The predicted molar refractivity (Wildman–Crippen MR) is 97.5 cm³/mol. The number of nitrogens with zero attached hydrogens (tertiary/aromatic N) is 2. The number of carbonyl (C=O) groups is 1. The van der Waals surface area contributed by atoms with Crippen molar-refractivity contribution in [1.29, 1.82) is 0 Å². The molecule has 0 fully saturated rings. The Morgan fingerprint density at radius 3 is 2.48 bits per heavy atom. The Balaban J connectivity index is 1.85. The van der Waals surface area contributed by atoms with E-state index in [9.17, 15) is 4.79 Å². The van der Waals surface area contributed by atoms with E-state index in [-0.39, 0.29) is 5.91 Å². The highest BCUT2D eigenvalue weighted by atomic mass is 35.5. The molecule has 3 aromatic rings. The molecule has 0 aliphatic carbocycles. The molecule has 0 bridgehead atoms. The number of aromatic nitrogens is 2. The molecule has 0 atom stereocenters. The van der Waals surface area contributed by atoms with Crippen LogP contribution in [0.4, 0.5) is 0 Å². The number of methoxy groups -OCH3 is 1. The third-order valence-corrected chi connectivity index (χ3v) is 4.06. The van der Waals surface area contributed by atoms with E-state index in [1.807, 2.05) is 42.5 Å². The monoisotopic (exact) mass is 355 g/mol. The third-order valence-electron chi connectivity index (χ3n) is 3.81. The number of halogens is 1. The van der Waals surface area contributed by atoms with Gasteiger partial charge in [-0.1, -0.05) is 41.9 Å². The highest BCUT2D eigenvalue weighted by Crippen LogP contribution is 2.25. The van der Waals surface area contributed by atoms with Gasteiger partial charge in [0.15, 0.2) is 0 Å². The smallest absolute Gasteiger partial charge is 0.258 e. The van der Waals surface area contributed by atoms with Crippen molar-refractivity contribution >= 4 is 17.5 Å². The first kappa shape index (κ1) is 17.0. The lowest BCUT2D eigenvalue weighted by molar-refractivity contribution is 0.0947. The van der Waals surface area contributed by atoms with Crippen LogP contribution >= 0.6 is 11.6 Å². The first-order valence-electron chi connectivity index (χ1n) is 7.82. The van der Waals surface area contributed by atoms with Gasteiger partial charge in [0.1, 0.15) is 5.56 Å². The molecule has 0 aliphatic rings. The minimum absolute atomic E-state index is 0.230. The van der Waals surface area contributed by atoms with Crippen LogP contribution in [0.2, 0.25) is 5.02 Å². The van der Waals surface area contributed by atoms with E-state index in [1.54, 1.807) is 23.7 Å². The zero-order valence-corrected chi connectivity index (χ0v) is 14.7. The SMILES string of the molecule is COc1c(C(=O)NCc2ccc(Cl)cc2)c(C)nn1-c1ccccc1. The Labute approximate surface area is 151 Å². The molecule has 6 heteroatoms. The second-order valence-electron chi connectivity index (χ2n) is 5.53. The van der Waals surface area contributed by atoms with Crippen LogP contribution in [-0.4, -0.2) is 22.8 Å².